The fourth-order valence-corrected chi connectivity index (χ4v) is 1.06. The first-order chi connectivity index (χ1) is 6.04. The molecule has 0 fully saturated rings. The Balaban J connectivity index is 4.60. The number of carboxylic acid groups (broad SMARTS) is 1. The Morgan fingerprint density at radius 2 is 2.00 bits per heavy atom. The van der Waals surface area contributed by atoms with E-state index in [0.717, 1.165) is 0 Å². The molecule has 0 heterocycles. The molecule has 0 spiro atoms. The number of carbonyl (C=O) groups excluding carboxylic acids is 1. The second-order valence-electron chi connectivity index (χ2n) is 3.09. The second-order valence-corrected chi connectivity index (χ2v) is 4.04. The highest BCUT2D eigenvalue weighted by Gasteiger charge is 2.27. The Morgan fingerprint density at radius 3 is 2.29 bits per heavy atom. The molecule has 0 saturated heterocycles. The van der Waals surface area contributed by atoms with Crippen molar-refractivity contribution in [1.29, 1.82) is 0 Å². The van der Waals surface area contributed by atoms with E-state index < -0.39 is 33.4 Å². The van der Waals surface area contributed by atoms with Crippen LogP contribution in [0.5, 0.6) is 0 Å². The number of aliphatic carboxylic acids is 1. The van der Waals surface area contributed by atoms with E-state index >= 15 is 0 Å². The Hall–Kier alpha value is -1.15. The van der Waals surface area contributed by atoms with E-state index in [2.05, 4.69) is 10.8 Å². The van der Waals surface area contributed by atoms with Crippen LogP contribution in [0.15, 0.2) is 12.5 Å². The van der Waals surface area contributed by atoms with Crippen molar-refractivity contribution in [2.45, 2.75) is 0 Å². The van der Waals surface area contributed by atoms with Gasteiger partial charge in [-0.15, -0.1) is 0 Å². The van der Waals surface area contributed by atoms with Crippen LogP contribution in [0.2, 0.25) is 0 Å². The minimum Gasteiger partial charge on any atom is -0.544 e. The van der Waals surface area contributed by atoms with Crippen LogP contribution in [-0.4, -0.2) is 39.5 Å². The van der Waals surface area contributed by atoms with Gasteiger partial charge in [-0.2, -0.15) is 8.42 Å². The Morgan fingerprint density at radius 1 is 1.57 bits per heavy atom. The summed E-state index contributed by atoms with van der Waals surface area (Å²) >= 11 is 0. The highest BCUT2D eigenvalue weighted by Crippen LogP contribution is 2.13. The number of hydrogen-bond donors (Lipinski definition) is 0. The van der Waals surface area contributed by atoms with E-state index in [1.54, 1.807) is 0 Å². The quantitative estimate of drug-likeness (QED) is 0.325. The van der Waals surface area contributed by atoms with Gasteiger partial charge >= 0.3 is 16.4 Å². The summed E-state index contributed by atoms with van der Waals surface area (Å²) in [5, 5.41) is 10.2. The lowest BCUT2D eigenvalue weighted by molar-refractivity contribution is -0.859. The van der Waals surface area contributed by atoms with Crippen molar-refractivity contribution in [3.63, 3.8) is 0 Å². The predicted molar refractivity (Wildman–Crippen MR) is 42.2 cm³/mol. The van der Waals surface area contributed by atoms with Crippen molar-refractivity contribution in [1.82, 2.24) is 0 Å². The first-order valence-electron chi connectivity index (χ1n) is 3.41. The molecule has 8 heteroatoms. The molecule has 0 aliphatic carbocycles. The van der Waals surface area contributed by atoms with E-state index in [1.807, 2.05) is 0 Å². The van der Waals surface area contributed by atoms with E-state index in [-0.39, 0.29) is 0 Å². The van der Waals surface area contributed by atoms with Gasteiger partial charge in [-0.05, 0) is 0 Å². The van der Waals surface area contributed by atoms with Crippen LogP contribution >= 0.6 is 0 Å². The summed E-state index contributed by atoms with van der Waals surface area (Å²) in [5.41, 5.74) is 0. The van der Waals surface area contributed by atoms with Crippen molar-refractivity contribution < 1.29 is 30.9 Å². The molecule has 0 rings (SSSR count). The molecule has 0 aromatic rings. The number of hydrogen-bond acceptors (Lipinski definition) is 5. The molecule has 0 amide bonds. The first kappa shape index (κ1) is 12.8. The first-order valence-corrected chi connectivity index (χ1v) is 4.72. The summed E-state index contributed by atoms with van der Waals surface area (Å²) < 4.78 is 35.4. The molecule has 0 bridgehead atoms. The van der Waals surface area contributed by atoms with E-state index in [1.165, 1.54) is 14.1 Å². The lowest BCUT2D eigenvalue weighted by atomic mass is 10.5. The largest absolute Gasteiger partial charge is 0.544 e. The third-order valence-electron chi connectivity index (χ3n) is 1.40. The molecule has 14 heavy (non-hydrogen) atoms. The average molecular weight is 227 g/mol. The molecule has 6 nitrogen and oxygen atoms in total. The number of rotatable bonds is 5. The van der Waals surface area contributed by atoms with Gasteiger partial charge < -0.3 is 14.1 Å². The zero-order valence-electron chi connectivity index (χ0n) is 7.69. The molecule has 82 valence electrons. The third kappa shape index (κ3) is 4.77. The fourth-order valence-electron chi connectivity index (χ4n) is 0.627. The molecule has 0 aliphatic rings. The minimum absolute atomic E-state index is 0.545. The van der Waals surface area contributed by atoms with Gasteiger partial charge in [0.2, 0.25) is 0 Å². The number of carbonyl (C=O) groups is 1. The standard InChI is InChI=1S/C6H10FNO5S/c1-5(13-14(7,11)12)8(2,3)4-6(9)10/h1,4H2,2-3H3. The zero-order valence-corrected chi connectivity index (χ0v) is 8.51. The van der Waals surface area contributed by atoms with E-state index in [9.17, 15) is 22.2 Å². The highest BCUT2D eigenvalue weighted by molar-refractivity contribution is 7.81. The predicted octanol–water partition coefficient (Wildman–Crippen LogP) is -1.49. The molecular formula is C6H10FNO5S. The lowest BCUT2D eigenvalue weighted by Gasteiger charge is -2.28. The molecule has 0 aromatic carbocycles. The van der Waals surface area contributed by atoms with Crippen LogP contribution in [0.25, 0.3) is 0 Å². The van der Waals surface area contributed by atoms with Gasteiger partial charge in [-0.1, -0.05) is 3.89 Å². The van der Waals surface area contributed by atoms with E-state index in [0.29, 0.717) is 0 Å². The number of nitrogens with zero attached hydrogens (tertiary/aromatic N) is 1. The van der Waals surface area contributed by atoms with Crippen LogP contribution in [-0.2, 0) is 19.5 Å². The smallest absolute Gasteiger partial charge is 0.492 e. The molecule has 0 aliphatic heterocycles. The van der Waals surface area contributed by atoms with Gasteiger partial charge in [0, 0.05) is 6.58 Å². The summed E-state index contributed by atoms with van der Waals surface area (Å²) in [4.78, 5) is 10.2. The van der Waals surface area contributed by atoms with Crippen LogP contribution in [0.1, 0.15) is 0 Å². The number of carboxylic acids is 1. The summed E-state index contributed by atoms with van der Waals surface area (Å²) in [6.45, 7) is 2.53. The molecule has 0 saturated carbocycles. The second kappa shape index (κ2) is 3.93. The number of likely N-dealkylation sites (N-methyl/N-ethyl adjacent to an activating group) is 1. The van der Waals surface area contributed by atoms with Gasteiger partial charge in [0.15, 0.2) is 0 Å². The molecular weight excluding hydrogens is 217 g/mol. The SMILES string of the molecule is C=C(OS(=O)(=O)F)[N+](C)(C)CC(=O)[O-]. The third-order valence-corrected chi connectivity index (χ3v) is 1.79. The number of quaternary nitrogens is 1. The van der Waals surface area contributed by atoms with Gasteiger partial charge in [0.25, 0.3) is 0 Å². The Labute approximate surface area is 81.2 Å². The summed E-state index contributed by atoms with van der Waals surface area (Å²) in [6, 6.07) is 0. The average Bonchev–Trinajstić information content (AvgIpc) is 1.79. The van der Waals surface area contributed by atoms with Crippen LogP contribution in [0, 0.1) is 0 Å². The van der Waals surface area contributed by atoms with Crippen LogP contribution < -0.4 is 5.11 Å². The fraction of sp³-hybridized carbons (Fsp3) is 0.500. The van der Waals surface area contributed by atoms with Crippen molar-refractivity contribution in [2.75, 3.05) is 20.6 Å². The van der Waals surface area contributed by atoms with Crippen LogP contribution in [0.3, 0.4) is 0 Å². The number of halogens is 1. The highest BCUT2D eigenvalue weighted by atomic mass is 32.3. The van der Waals surface area contributed by atoms with Crippen LogP contribution in [0.4, 0.5) is 3.89 Å². The normalized spacial score (nSPS) is 12.2. The molecule has 0 N–H and O–H groups in total. The topological polar surface area (TPSA) is 83.5 Å². The van der Waals surface area contributed by atoms with E-state index in [4.69, 9.17) is 0 Å². The maximum Gasteiger partial charge on any atom is 0.492 e. The van der Waals surface area contributed by atoms with Gasteiger partial charge in [0.05, 0.1) is 20.1 Å². The maximum absolute atomic E-state index is 12.0. The Bertz CT molecular complexity index is 347. The van der Waals surface area contributed by atoms with Crippen molar-refractivity contribution in [3.05, 3.63) is 12.5 Å². The minimum atomic E-state index is -5.17. The van der Waals surface area contributed by atoms with Gasteiger partial charge in [-0.3, -0.25) is 4.48 Å². The van der Waals surface area contributed by atoms with Crippen molar-refractivity contribution >= 4 is 16.5 Å². The van der Waals surface area contributed by atoms with Crippen molar-refractivity contribution in [2.24, 2.45) is 0 Å². The van der Waals surface area contributed by atoms with Gasteiger partial charge in [0.1, 0.15) is 6.54 Å². The molecule has 0 unspecified atom stereocenters. The summed E-state index contributed by atoms with van der Waals surface area (Å²) in [6.07, 6.45) is 0. The zero-order chi connectivity index (χ0) is 11.6. The lowest BCUT2D eigenvalue weighted by Crippen LogP contribution is -2.48. The van der Waals surface area contributed by atoms with Crippen molar-refractivity contribution in [3.8, 4) is 0 Å². The monoisotopic (exact) mass is 227 g/mol. The molecule has 0 aromatic heterocycles. The molecule has 0 radical (unpaired) electrons. The maximum atomic E-state index is 12.0. The summed E-state index contributed by atoms with van der Waals surface area (Å²) in [7, 11) is -2.61. The van der Waals surface area contributed by atoms with Gasteiger partial charge in [-0.25, -0.2) is 0 Å². The Kier molecular flexibility index (Phi) is 3.60. The molecule has 0 atom stereocenters. The summed E-state index contributed by atoms with van der Waals surface area (Å²) in [5.74, 6) is -1.98.